The van der Waals surface area contributed by atoms with Gasteiger partial charge in [-0.05, 0) is 27.2 Å². The van der Waals surface area contributed by atoms with E-state index in [0.717, 1.165) is 0 Å². The highest BCUT2D eigenvalue weighted by Gasteiger charge is 2.36. The summed E-state index contributed by atoms with van der Waals surface area (Å²) in [5.41, 5.74) is -1.25. The van der Waals surface area contributed by atoms with E-state index in [1.807, 2.05) is 6.92 Å². The van der Waals surface area contributed by atoms with Gasteiger partial charge in [0.15, 0.2) is 0 Å². The van der Waals surface area contributed by atoms with Crippen LogP contribution in [0, 0.1) is 0 Å². The van der Waals surface area contributed by atoms with E-state index in [1.165, 1.54) is 30.7 Å². The van der Waals surface area contributed by atoms with Crippen molar-refractivity contribution in [2.75, 3.05) is 26.7 Å². The van der Waals surface area contributed by atoms with Crippen LogP contribution in [0.3, 0.4) is 0 Å². The number of carboxylic acid groups (broad SMARTS) is 1. The molecule has 0 aliphatic heterocycles. The molecule has 0 aliphatic carbocycles. The molecule has 0 fully saturated rings. The standard InChI is InChI=1S/C11H22N2O4/c1-5-13(7-6-8-14)10(17)12(4)11(2,3)9(15)16/h14H,5-8H2,1-4H3,(H,15,16). The summed E-state index contributed by atoms with van der Waals surface area (Å²) < 4.78 is 0. The second kappa shape index (κ2) is 6.44. The molecule has 0 unspecified atom stereocenters. The molecule has 0 heterocycles. The molecular formula is C11H22N2O4. The molecule has 0 radical (unpaired) electrons. The lowest BCUT2D eigenvalue weighted by Crippen LogP contribution is -2.55. The lowest BCUT2D eigenvalue weighted by molar-refractivity contribution is -0.147. The Kier molecular flexibility index (Phi) is 5.95. The molecule has 0 saturated carbocycles. The third-order valence-electron chi connectivity index (χ3n) is 2.89. The number of carbonyl (C=O) groups is 2. The number of amides is 2. The average Bonchev–Trinajstić information content (AvgIpc) is 2.28. The Bertz CT molecular complexity index is 279. The predicted octanol–water partition coefficient (Wildman–Crippen LogP) is 0.606. The van der Waals surface area contributed by atoms with Crippen molar-refractivity contribution < 1.29 is 19.8 Å². The zero-order valence-electron chi connectivity index (χ0n) is 10.9. The van der Waals surface area contributed by atoms with Gasteiger partial charge in [0.05, 0.1) is 0 Å². The first kappa shape index (κ1) is 15.7. The maximum Gasteiger partial charge on any atom is 0.329 e. The Hall–Kier alpha value is -1.30. The first-order valence-corrected chi connectivity index (χ1v) is 5.66. The largest absolute Gasteiger partial charge is 0.480 e. The molecule has 0 saturated heterocycles. The Labute approximate surface area is 102 Å². The molecule has 17 heavy (non-hydrogen) atoms. The SMILES string of the molecule is CCN(CCCO)C(=O)N(C)C(C)(C)C(=O)O. The van der Waals surface area contributed by atoms with Gasteiger partial charge in [0.1, 0.15) is 5.54 Å². The van der Waals surface area contributed by atoms with Gasteiger partial charge in [0.25, 0.3) is 0 Å². The minimum Gasteiger partial charge on any atom is -0.480 e. The Balaban J connectivity index is 4.71. The minimum atomic E-state index is -1.25. The van der Waals surface area contributed by atoms with Crippen LogP contribution >= 0.6 is 0 Å². The maximum absolute atomic E-state index is 12.0. The van der Waals surface area contributed by atoms with E-state index in [0.29, 0.717) is 19.5 Å². The fraction of sp³-hybridized carbons (Fsp3) is 0.818. The van der Waals surface area contributed by atoms with E-state index < -0.39 is 11.5 Å². The predicted molar refractivity (Wildman–Crippen MR) is 63.8 cm³/mol. The summed E-state index contributed by atoms with van der Waals surface area (Å²) in [4.78, 5) is 25.8. The fourth-order valence-corrected chi connectivity index (χ4v) is 1.25. The summed E-state index contributed by atoms with van der Waals surface area (Å²) in [5, 5.41) is 17.8. The van der Waals surface area contributed by atoms with Gasteiger partial charge < -0.3 is 20.0 Å². The lowest BCUT2D eigenvalue weighted by atomic mass is 10.0. The van der Waals surface area contributed by atoms with E-state index in [4.69, 9.17) is 10.2 Å². The molecule has 0 aliphatic rings. The van der Waals surface area contributed by atoms with Crippen molar-refractivity contribution in [2.45, 2.75) is 32.7 Å². The number of nitrogens with zero attached hydrogens (tertiary/aromatic N) is 2. The lowest BCUT2D eigenvalue weighted by Gasteiger charge is -2.35. The van der Waals surface area contributed by atoms with Crippen molar-refractivity contribution in [1.29, 1.82) is 0 Å². The van der Waals surface area contributed by atoms with Gasteiger partial charge in [-0.1, -0.05) is 0 Å². The third-order valence-corrected chi connectivity index (χ3v) is 2.89. The highest BCUT2D eigenvalue weighted by atomic mass is 16.4. The number of aliphatic hydroxyl groups excluding tert-OH is 1. The molecule has 2 amide bonds. The van der Waals surface area contributed by atoms with Crippen molar-refractivity contribution in [3.8, 4) is 0 Å². The summed E-state index contributed by atoms with van der Waals surface area (Å²) in [6.07, 6.45) is 0.487. The number of hydrogen-bond donors (Lipinski definition) is 2. The van der Waals surface area contributed by atoms with Gasteiger partial charge >= 0.3 is 12.0 Å². The van der Waals surface area contributed by atoms with Crippen molar-refractivity contribution in [1.82, 2.24) is 9.80 Å². The molecule has 0 rings (SSSR count). The molecule has 0 spiro atoms. The molecule has 0 atom stereocenters. The monoisotopic (exact) mass is 246 g/mol. The summed E-state index contributed by atoms with van der Waals surface area (Å²) in [5.74, 6) is -1.05. The Morgan fingerprint density at radius 3 is 2.18 bits per heavy atom. The zero-order valence-corrected chi connectivity index (χ0v) is 10.9. The number of likely N-dealkylation sites (N-methyl/N-ethyl adjacent to an activating group) is 1. The highest BCUT2D eigenvalue weighted by Crippen LogP contribution is 2.14. The summed E-state index contributed by atoms with van der Waals surface area (Å²) in [7, 11) is 1.47. The van der Waals surface area contributed by atoms with Crippen LogP contribution in [-0.4, -0.2) is 64.3 Å². The summed E-state index contributed by atoms with van der Waals surface area (Å²) in [6, 6.07) is -0.339. The van der Waals surface area contributed by atoms with Crippen LogP contribution in [0.15, 0.2) is 0 Å². The molecule has 2 N–H and O–H groups in total. The van der Waals surface area contributed by atoms with Crippen molar-refractivity contribution in [2.24, 2.45) is 0 Å². The van der Waals surface area contributed by atoms with Gasteiger partial charge in [-0.2, -0.15) is 0 Å². The van der Waals surface area contributed by atoms with Crippen LogP contribution in [0.25, 0.3) is 0 Å². The van der Waals surface area contributed by atoms with Gasteiger partial charge in [0, 0.05) is 26.7 Å². The smallest absolute Gasteiger partial charge is 0.329 e. The number of carboxylic acids is 1. The molecule has 6 nitrogen and oxygen atoms in total. The quantitative estimate of drug-likeness (QED) is 0.719. The molecule has 0 bridgehead atoms. The van der Waals surface area contributed by atoms with E-state index in [2.05, 4.69) is 0 Å². The van der Waals surface area contributed by atoms with Gasteiger partial charge in [-0.3, -0.25) is 0 Å². The van der Waals surface area contributed by atoms with Gasteiger partial charge in [-0.15, -0.1) is 0 Å². The number of hydrogen-bond acceptors (Lipinski definition) is 3. The second-order valence-corrected chi connectivity index (χ2v) is 4.36. The molecule has 0 aromatic heterocycles. The van der Waals surface area contributed by atoms with Gasteiger partial charge in [-0.25, -0.2) is 9.59 Å². The molecule has 6 heteroatoms. The average molecular weight is 246 g/mol. The van der Waals surface area contributed by atoms with Crippen LogP contribution in [0.1, 0.15) is 27.2 Å². The number of rotatable bonds is 6. The van der Waals surface area contributed by atoms with E-state index >= 15 is 0 Å². The summed E-state index contributed by atoms with van der Waals surface area (Å²) in [6.45, 7) is 5.69. The topological polar surface area (TPSA) is 81.1 Å². The Morgan fingerprint density at radius 1 is 1.29 bits per heavy atom. The first-order chi connectivity index (χ1) is 7.78. The van der Waals surface area contributed by atoms with E-state index in [-0.39, 0.29) is 12.6 Å². The minimum absolute atomic E-state index is 0.00974. The fourth-order valence-electron chi connectivity index (χ4n) is 1.25. The first-order valence-electron chi connectivity index (χ1n) is 5.66. The van der Waals surface area contributed by atoms with Crippen LogP contribution in [0.5, 0.6) is 0 Å². The van der Waals surface area contributed by atoms with Gasteiger partial charge in [0.2, 0.25) is 0 Å². The highest BCUT2D eigenvalue weighted by molar-refractivity contribution is 5.85. The summed E-state index contributed by atoms with van der Waals surface area (Å²) >= 11 is 0. The van der Waals surface area contributed by atoms with Crippen LogP contribution in [-0.2, 0) is 4.79 Å². The molecule has 0 aromatic rings. The molecule has 0 aromatic carbocycles. The second-order valence-electron chi connectivity index (χ2n) is 4.36. The molecule has 100 valence electrons. The number of aliphatic carboxylic acids is 1. The van der Waals surface area contributed by atoms with Crippen LogP contribution < -0.4 is 0 Å². The number of aliphatic hydroxyl groups is 1. The zero-order chi connectivity index (χ0) is 13.6. The van der Waals surface area contributed by atoms with Crippen LogP contribution in [0.2, 0.25) is 0 Å². The maximum atomic E-state index is 12.0. The van der Waals surface area contributed by atoms with Crippen molar-refractivity contribution in [3.05, 3.63) is 0 Å². The van der Waals surface area contributed by atoms with Crippen molar-refractivity contribution in [3.63, 3.8) is 0 Å². The van der Waals surface area contributed by atoms with E-state index in [1.54, 1.807) is 0 Å². The number of carbonyl (C=O) groups excluding carboxylic acids is 1. The van der Waals surface area contributed by atoms with Crippen LogP contribution in [0.4, 0.5) is 4.79 Å². The molecular weight excluding hydrogens is 224 g/mol. The Morgan fingerprint density at radius 2 is 1.82 bits per heavy atom. The number of urea groups is 1. The van der Waals surface area contributed by atoms with E-state index in [9.17, 15) is 9.59 Å². The normalized spacial score (nSPS) is 11.1. The van der Waals surface area contributed by atoms with Crippen molar-refractivity contribution >= 4 is 12.0 Å². The third kappa shape index (κ3) is 3.89.